The molecule has 0 spiro atoms. The van der Waals surface area contributed by atoms with Gasteiger partial charge in [0.05, 0.1) is 19.1 Å². The standard InChI is InChI=1S/C21H31N5O8S/c1-35-7-6-13(22)18(30)26-16(10-27)20(32)24-14(9-17(23)29)19(31)25-15(21(33)34)8-11-2-4-12(28)5-3-11/h2-5,13-16,27-28H,6-10,22H2,1H3,(H2,23,29)(H,24,32)(H,25,31)(H,26,30)(H,33,34). The summed E-state index contributed by atoms with van der Waals surface area (Å²) in [4.78, 5) is 60.6. The van der Waals surface area contributed by atoms with Crippen LogP contribution in [-0.4, -0.2) is 87.7 Å². The van der Waals surface area contributed by atoms with Gasteiger partial charge in [-0.05, 0) is 36.1 Å². The van der Waals surface area contributed by atoms with Crippen LogP contribution >= 0.6 is 11.8 Å². The van der Waals surface area contributed by atoms with E-state index < -0.39 is 66.8 Å². The van der Waals surface area contributed by atoms with E-state index in [1.54, 1.807) is 0 Å². The number of nitrogens with one attached hydrogen (secondary N) is 3. The molecule has 0 bridgehead atoms. The number of primary amides is 1. The van der Waals surface area contributed by atoms with Crippen LogP contribution < -0.4 is 27.4 Å². The maximum absolute atomic E-state index is 12.7. The zero-order valence-electron chi connectivity index (χ0n) is 19.1. The Balaban J connectivity index is 2.90. The largest absolute Gasteiger partial charge is 0.508 e. The van der Waals surface area contributed by atoms with E-state index in [4.69, 9.17) is 11.5 Å². The lowest BCUT2D eigenvalue weighted by Gasteiger charge is -2.24. The highest BCUT2D eigenvalue weighted by molar-refractivity contribution is 7.98. The first-order valence-corrected chi connectivity index (χ1v) is 11.9. The number of hydrogen-bond donors (Lipinski definition) is 8. The summed E-state index contributed by atoms with van der Waals surface area (Å²) in [6, 6.07) is 0.241. The summed E-state index contributed by atoms with van der Waals surface area (Å²) in [6.07, 6.45) is 1.35. The summed E-state index contributed by atoms with van der Waals surface area (Å²) in [6.45, 7) is -0.823. The number of carbonyl (C=O) groups excluding carboxylic acids is 4. The van der Waals surface area contributed by atoms with Gasteiger partial charge in [-0.3, -0.25) is 19.2 Å². The van der Waals surface area contributed by atoms with Gasteiger partial charge in [-0.2, -0.15) is 11.8 Å². The van der Waals surface area contributed by atoms with E-state index in [1.807, 2.05) is 6.26 Å². The van der Waals surface area contributed by atoms with Crippen molar-refractivity contribution in [1.82, 2.24) is 16.0 Å². The van der Waals surface area contributed by atoms with Crippen LogP contribution in [0, 0.1) is 0 Å². The van der Waals surface area contributed by atoms with Gasteiger partial charge in [-0.1, -0.05) is 12.1 Å². The van der Waals surface area contributed by atoms with E-state index in [-0.39, 0.29) is 12.2 Å². The van der Waals surface area contributed by atoms with Crippen molar-refractivity contribution in [2.75, 3.05) is 18.6 Å². The van der Waals surface area contributed by atoms with E-state index in [0.717, 1.165) is 0 Å². The number of hydrogen-bond acceptors (Lipinski definition) is 9. The second-order valence-corrected chi connectivity index (χ2v) is 8.62. The predicted molar refractivity (Wildman–Crippen MR) is 127 cm³/mol. The molecular weight excluding hydrogens is 482 g/mol. The Labute approximate surface area is 206 Å². The average molecular weight is 514 g/mol. The zero-order chi connectivity index (χ0) is 26.5. The second-order valence-electron chi connectivity index (χ2n) is 7.63. The monoisotopic (exact) mass is 513 g/mol. The molecule has 0 aliphatic heterocycles. The lowest BCUT2D eigenvalue weighted by atomic mass is 10.0. The number of aliphatic hydroxyl groups is 1. The van der Waals surface area contributed by atoms with Crippen LogP contribution in [0.2, 0.25) is 0 Å². The average Bonchev–Trinajstić information content (AvgIpc) is 2.80. The number of carboxylic acids is 1. The molecule has 1 aromatic rings. The molecule has 10 N–H and O–H groups in total. The van der Waals surface area contributed by atoms with Gasteiger partial charge in [0.25, 0.3) is 0 Å². The van der Waals surface area contributed by atoms with Gasteiger partial charge < -0.3 is 42.7 Å². The fourth-order valence-electron chi connectivity index (χ4n) is 2.87. The molecular formula is C21H31N5O8S. The van der Waals surface area contributed by atoms with Crippen molar-refractivity contribution in [2.45, 2.75) is 43.4 Å². The molecule has 0 aromatic heterocycles. The number of phenolic OH excluding ortho intramolecular Hbond substituents is 1. The van der Waals surface area contributed by atoms with Gasteiger partial charge in [0.15, 0.2) is 0 Å². The summed E-state index contributed by atoms with van der Waals surface area (Å²) in [5, 5.41) is 35.1. The third kappa shape index (κ3) is 10.6. The summed E-state index contributed by atoms with van der Waals surface area (Å²) >= 11 is 1.47. The van der Waals surface area contributed by atoms with Gasteiger partial charge in [-0.25, -0.2) is 4.79 Å². The maximum atomic E-state index is 12.7. The Morgan fingerprint density at radius 2 is 1.49 bits per heavy atom. The summed E-state index contributed by atoms with van der Waals surface area (Å²) < 4.78 is 0. The van der Waals surface area contributed by atoms with Crippen molar-refractivity contribution < 1.29 is 39.3 Å². The van der Waals surface area contributed by atoms with Crippen LogP contribution in [-0.2, 0) is 30.4 Å². The van der Waals surface area contributed by atoms with E-state index in [1.165, 1.54) is 36.0 Å². The van der Waals surface area contributed by atoms with Crippen molar-refractivity contribution in [3.63, 3.8) is 0 Å². The van der Waals surface area contributed by atoms with Crippen molar-refractivity contribution in [1.29, 1.82) is 0 Å². The number of thioether (sulfide) groups is 1. The molecule has 1 aromatic carbocycles. The molecule has 0 radical (unpaired) electrons. The van der Waals surface area contributed by atoms with Crippen LogP contribution in [0.4, 0.5) is 0 Å². The number of carbonyl (C=O) groups is 5. The van der Waals surface area contributed by atoms with E-state index in [0.29, 0.717) is 17.7 Å². The first-order chi connectivity index (χ1) is 16.5. The highest BCUT2D eigenvalue weighted by Crippen LogP contribution is 2.12. The molecule has 0 aliphatic carbocycles. The Morgan fingerprint density at radius 3 is 2.00 bits per heavy atom. The molecule has 13 nitrogen and oxygen atoms in total. The molecule has 4 unspecified atom stereocenters. The molecule has 14 heteroatoms. The minimum atomic E-state index is -1.57. The molecule has 35 heavy (non-hydrogen) atoms. The summed E-state index contributed by atoms with van der Waals surface area (Å²) in [5.74, 6) is -4.46. The van der Waals surface area contributed by atoms with Crippen molar-refractivity contribution in [3.8, 4) is 5.75 Å². The van der Waals surface area contributed by atoms with E-state index >= 15 is 0 Å². The van der Waals surface area contributed by atoms with Crippen molar-refractivity contribution >= 4 is 41.4 Å². The molecule has 0 fully saturated rings. The number of nitrogens with two attached hydrogens (primary N) is 2. The highest BCUT2D eigenvalue weighted by Gasteiger charge is 2.31. The third-order valence-corrected chi connectivity index (χ3v) is 5.46. The molecule has 194 valence electrons. The smallest absolute Gasteiger partial charge is 0.326 e. The fraction of sp³-hybridized carbons (Fsp3) is 0.476. The first kappa shape index (κ1) is 29.7. The van der Waals surface area contributed by atoms with Crippen LogP contribution in [0.1, 0.15) is 18.4 Å². The van der Waals surface area contributed by atoms with E-state index in [2.05, 4.69) is 16.0 Å². The molecule has 1 rings (SSSR count). The molecule has 0 saturated heterocycles. The molecule has 0 saturated carbocycles. The Morgan fingerprint density at radius 1 is 0.943 bits per heavy atom. The Kier molecular flexibility index (Phi) is 12.6. The lowest BCUT2D eigenvalue weighted by molar-refractivity contribution is -0.142. The van der Waals surface area contributed by atoms with Gasteiger partial charge in [0.2, 0.25) is 23.6 Å². The van der Waals surface area contributed by atoms with Crippen molar-refractivity contribution in [3.05, 3.63) is 29.8 Å². The van der Waals surface area contributed by atoms with E-state index in [9.17, 15) is 39.3 Å². The number of amides is 4. The van der Waals surface area contributed by atoms with Gasteiger partial charge in [0.1, 0.15) is 23.9 Å². The molecule has 4 amide bonds. The minimum Gasteiger partial charge on any atom is -0.508 e. The lowest BCUT2D eigenvalue weighted by Crippen LogP contribution is -2.58. The number of benzene rings is 1. The van der Waals surface area contributed by atoms with Crippen LogP contribution in [0.25, 0.3) is 0 Å². The number of carboxylic acid groups (broad SMARTS) is 1. The minimum absolute atomic E-state index is 0.0235. The second kappa shape index (κ2) is 14.8. The van der Waals surface area contributed by atoms with Crippen LogP contribution in [0.15, 0.2) is 24.3 Å². The van der Waals surface area contributed by atoms with Gasteiger partial charge in [0, 0.05) is 6.42 Å². The maximum Gasteiger partial charge on any atom is 0.326 e. The van der Waals surface area contributed by atoms with Crippen LogP contribution in [0.3, 0.4) is 0 Å². The third-order valence-electron chi connectivity index (χ3n) is 4.81. The fourth-order valence-corrected chi connectivity index (χ4v) is 3.36. The quantitative estimate of drug-likeness (QED) is 0.122. The number of aromatic hydroxyl groups is 1. The number of aliphatic hydroxyl groups excluding tert-OH is 1. The first-order valence-electron chi connectivity index (χ1n) is 10.5. The molecule has 0 heterocycles. The SMILES string of the molecule is CSCCC(N)C(=O)NC(CO)C(=O)NC(CC(N)=O)C(=O)NC(Cc1ccc(O)cc1)C(=O)O. The normalized spacial score (nSPS) is 14.1. The summed E-state index contributed by atoms with van der Waals surface area (Å²) in [7, 11) is 0. The molecule has 4 atom stereocenters. The number of aliphatic carboxylic acids is 1. The Bertz CT molecular complexity index is 898. The van der Waals surface area contributed by atoms with Gasteiger partial charge >= 0.3 is 5.97 Å². The zero-order valence-corrected chi connectivity index (χ0v) is 19.9. The number of rotatable bonds is 15. The Hall–Kier alpha value is -3.36. The van der Waals surface area contributed by atoms with Gasteiger partial charge in [-0.15, -0.1) is 0 Å². The van der Waals surface area contributed by atoms with Crippen LogP contribution in [0.5, 0.6) is 5.75 Å². The summed E-state index contributed by atoms with van der Waals surface area (Å²) in [5.41, 5.74) is 11.4. The van der Waals surface area contributed by atoms with Crippen molar-refractivity contribution in [2.24, 2.45) is 11.5 Å². The number of phenols is 1. The molecule has 0 aliphatic rings. The highest BCUT2D eigenvalue weighted by atomic mass is 32.2. The predicted octanol–water partition coefficient (Wildman–Crippen LogP) is -2.58. The topological polar surface area (TPSA) is 234 Å².